The summed E-state index contributed by atoms with van der Waals surface area (Å²) in [6.45, 7) is 1.55. The van der Waals surface area contributed by atoms with E-state index >= 15 is 0 Å². The fraction of sp³-hybridized carbons (Fsp3) is 0.200. The molecule has 1 aliphatic rings. The van der Waals surface area contributed by atoms with Crippen molar-refractivity contribution in [2.24, 2.45) is 0 Å². The van der Waals surface area contributed by atoms with Crippen LogP contribution in [0.15, 0.2) is 57.5 Å². The lowest BCUT2D eigenvalue weighted by atomic mass is 9.92. The van der Waals surface area contributed by atoms with Crippen molar-refractivity contribution in [1.29, 1.82) is 0 Å². The number of methoxy groups -OCH3 is 1. The zero-order valence-electron chi connectivity index (χ0n) is 15.7. The molecule has 148 valence electrons. The average Bonchev–Trinajstić information content (AvgIpc) is 3.28. The van der Waals surface area contributed by atoms with Crippen LogP contribution in [0, 0.1) is 0 Å². The Bertz CT molecular complexity index is 1080. The molecule has 9 heteroatoms. The summed E-state index contributed by atoms with van der Waals surface area (Å²) >= 11 is 3.44. The zero-order valence-corrected chi connectivity index (χ0v) is 17.3. The average molecular weight is 457 g/mol. The van der Waals surface area contributed by atoms with Gasteiger partial charge in [0.1, 0.15) is 17.8 Å². The number of carbonyl (C=O) groups is 2. The first-order valence-corrected chi connectivity index (χ1v) is 9.58. The molecule has 0 saturated carbocycles. The molecule has 29 heavy (non-hydrogen) atoms. The van der Waals surface area contributed by atoms with Crippen LogP contribution in [0.3, 0.4) is 0 Å². The van der Waals surface area contributed by atoms with Crippen LogP contribution in [-0.4, -0.2) is 34.1 Å². The third-order valence-corrected chi connectivity index (χ3v) is 5.49. The van der Waals surface area contributed by atoms with Gasteiger partial charge in [-0.05, 0) is 37.3 Å². The summed E-state index contributed by atoms with van der Waals surface area (Å²) in [6, 6.07) is 13.9. The van der Waals surface area contributed by atoms with Crippen molar-refractivity contribution in [1.82, 2.24) is 20.4 Å². The summed E-state index contributed by atoms with van der Waals surface area (Å²) in [5, 5.41) is 6.70. The highest BCUT2D eigenvalue weighted by molar-refractivity contribution is 9.10. The van der Waals surface area contributed by atoms with E-state index in [1.165, 1.54) is 0 Å². The van der Waals surface area contributed by atoms with Crippen molar-refractivity contribution >= 4 is 27.9 Å². The minimum atomic E-state index is -1.18. The molecule has 1 aromatic heterocycles. The lowest BCUT2D eigenvalue weighted by Gasteiger charge is -2.23. The van der Waals surface area contributed by atoms with Gasteiger partial charge < -0.3 is 14.6 Å². The van der Waals surface area contributed by atoms with Crippen molar-refractivity contribution in [2.45, 2.75) is 19.0 Å². The normalized spacial score (nSPS) is 18.8. The maximum Gasteiger partial charge on any atom is 0.325 e. The van der Waals surface area contributed by atoms with Crippen LogP contribution in [0.25, 0.3) is 11.4 Å². The molecule has 3 aromatic rings. The van der Waals surface area contributed by atoms with Gasteiger partial charge in [0.05, 0.1) is 7.11 Å². The monoisotopic (exact) mass is 456 g/mol. The third kappa shape index (κ3) is 3.38. The van der Waals surface area contributed by atoms with Crippen molar-refractivity contribution in [2.75, 3.05) is 7.11 Å². The van der Waals surface area contributed by atoms with Crippen molar-refractivity contribution in [3.05, 3.63) is 64.5 Å². The van der Waals surface area contributed by atoms with Gasteiger partial charge in [-0.15, -0.1) is 0 Å². The van der Waals surface area contributed by atoms with Crippen molar-refractivity contribution < 1.29 is 18.8 Å². The number of carbonyl (C=O) groups excluding carboxylic acids is 2. The molecule has 1 N–H and O–H groups in total. The maximum atomic E-state index is 13.1. The molecular formula is C20H17BrN4O4. The van der Waals surface area contributed by atoms with Gasteiger partial charge in [0.2, 0.25) is 11.7 Å². The van der Waals surface area contributed by atoms with Crippen LogP contribution >= 0.6 is 15.9 Å². The van der Waals surface area contributed by atoms with Gasteiger partial charge >= 0.3 is 6.03 Å². The van der Waals surface area contributed by atoms with E-state index in [9.17, 15) is 9.59 Å². The molecular weight excluding hydrogens is 440 g/mol. The molecule has 1 saturated heterocycles. The second-order valence-corrected chi connectivity index (χ2v) is 7.52. The Hall–Kier alpha value is -3.20. The number of aromatic nitrogens is 2. The molecule has 0 radical (unpaired) electrons. The number of imide groups is 1. The second-order valence-electron chi connectivity index (χ2n) is 6.67. The lowest BCUT2D eigenvalue weighted by molar-refractivity contribution is -0.131. The largest absolute Gasteiger partial charge is 0.497 e. The smallest absolute Gasteiger partial charge is 0.325 e. The lowest BCUT2D eigenvalue weighted by Crippen LogP contribution is -2.41. The van der Waals surface area contributed by atoms with E-state index in [0.717, 1.165) is 14.9 Å². The summed E-state index contributed by atoms with van der Waals surface area (Å²) in [6.07, 6.45) is 0. The third-order valence-electron chi connectivity index (χ3n) is 4.80. The Morgan fingerprint density at radius 3 is 2.59 bits per heavy atom. The molecule has 0 spiro atoms. The number of amides is 3. The molecule has 4 rings (SSSR count). The highest BCUT2D eigenvalue weighted by Crippen LogP contribution is 2.34. The summed E-state index contributed by atoms with van der Waals surface area (Å²) in [5.74, 6) is 0.848. The van der Waals surface area contributed by atoms with Gasteiger partial charge in [0.25, 0.3) is 5.91 Å². The van der Waals surface area contributed by atoms with Crippen LogP contribution in [0.5, 0.6) is 5.75 Å². The summed E-state index contributed by atoms with van der Waals surface area (Å²) in [4.78, 5) is 31.0. The summed E-state index contributed by atoms with van der Waals surface area (Å²) < 4.78 is 11.1. The first-order chi connectivity index (χ1) is 13.9. The van der Waals surface area contributed by atoms with Crippen LogP contribution in [-0.2, 0) is 16.9 Å². The predicted molar refractivity (Wildman–Crippen MR) is 107 cm³/mol. The van der Waals surface area contributed by atoms with Crippen LogP contribution < -0.4 is 10.1 Å². The molecule has 2 aromatic carbocycles. The Labute approximate surface area is 175 Å². The Kier molecular flexibility index (Phi) is 4.83. The van der Waals surface area contributed by atoms with Crippen LogP contribution in [0.2, 0.25) is 0 Å². The number of hydrogen-bond donors (Lipinski definition) is 1. The topological polar surface area (TPSA) is 97.6 Å². The van der Waals surface area contributed by atoms with E-state index in [1.54, 1.807) is 44.4 Å². The first-order valence-electron chi connectivity index (χ1n) is 8.78. The molecule has 3 amide bonds. The fourth-order valence-electron chi connectivity index (χ4n) is 3.20. The predicted octanol–water partition coefficient (Wildman–Crippen LogP) is 3.47. The molecule has 1 fully saturated rings. The van der Waals surface area contributed by atoms with Gasteiger partial charge in [-0.1, -0.05) is 39.3 Å². The van der Waals surface area contributed by atoms with E-state index in [4.69, 9.17) is 9.26 Å². The molecule has 1 unspecified atom stereocenters. The minimum absolute atomic E-state index is 0.117. The SMILES string of the molecule is COc1ccc(-c2noc(CN3C(=O)NC(C)(c4ccccc4Br)C3=O)n2)cc1. The zero-order chi connectivity index (χ0) is 20.6. The standard InChI is InChI=1S/C20H17BrN4O4/c1-20(14-5-3-4-6-15(14)21)18(26)25(19(27)23-20)11-16-22-17(24-29-16)12-7-9-13(28-2)10-8-12/h3-10H,11H2,1-2H3,(H,23,27). The van der Waals surface area contributed by atoms with E-state index in [1.807, 2.05) is 18.2 Å². The molecule has 1 aliphatic heterocycles. The van der Waals surface area contributed by atoms with Gasteiger partial charge in [0.15, 0.2) is 0 Å². The van der Waals surface area contributed by atoms with Crippen molar-refractivity contribution in [3.8, 4) is 17.1 Å². The van der Waals surface area contributed by atoms with E-state index in [-0.39, 0.29) is 12.4 Å². The Morgan fingerprint density at radius 1 is 1.17 bits per heavy atom. The minimum Gasteiger partial charge on any atom is -0.497 e. The van der Waals surface area contributed by atoms with Gasteiger partial charge in [0, 0.05) is 15.6 Å². The van der Waals surface area contributed by atoms with E-state index < -0.39 is 17.5 Å². The number of urea groups is 1. The number of hydrogen-bond acceptors (Lipinski definition) is 6. The number of halogens is 1. The molecule has 0 bridgehead atoms. The Morgan fingerprint density at radius 2 is 1.90 bits per heavy atom. The highest BCUT2D eigenvalue weighted by Gasteiger charge is 2.50. The van der Waals surface area contributed by atoms with E-state index in [2.05, 4.69) is 31.4 Å². The quantitative estimate of drug-likeness (QED) is 0.590. The first kappa shape index (κ1) is 19.1. The molecule has 1 atom stereocenters. The highest BCUT2D eigenvalue weighted by atomic mass is 79.9. The number of ether oxygens (including phenoxy) is 1. The summed E-state index contributed by atoms with van der Waals surface area (Å²) in [5.41, 5.74) is 0.220. The molecule has 2 heterocycles. The second kappa shape index (κ2) is 7.32. The maximum absolute atomic E-state index is 13.1. The number of benzene rings is 2. The van der Waals surface area contributed by atoms with Crippen LogP contribution in [0.1, 0.15) is 18.4 Å². The molecule has 8 nitrogen and oxygen atoms in total. The molecule has 0 aliphatic carbocycles. The van der Waals surface area contributed by atoms with Gasteiger partial charge in [-0.25, -0.2) is 4.79 Å². The van der Waals surface area contributed by atoms with Crippen molar-refractivity contribution in [3.63, 3.8) is 0 Å². The fourth-order valence-corrected chi connectivity index (χ4v) is 3.88. The Balaban J connectivity index is 1.56. The van der Waals surface area contributed by atoms with E-state index in [0.29, 0.717) is 17.1 Å². The number of nitrogens with one attached hydrogen (secondary N) is 1. The van der Waals surface area contributed by atoms with Crippen LogP contribution in [0.4, 0.5) is 4.79 Å². The number of rotatable bonds is 5. The van der Waals surface area contributed by atoms with Gasteiger partial charge in [-0.2, -0.15) is 4.98 Å². The number of nitrogens with zero attached hydrogens (tertiary/aromatic N) is 3. The van der Waals surface area contributed by atoms with Gasteiger partial charge in [-0.3, -0.25) is 9.69 Å². The summed E-state index contributed by atoms with van der Waals surface area (Å²) in [7, 11) is 1.58.